The Hall–Kier alpha value is -1.87. The third-order valence-corrected chi connectivity index (χ3v) is 4.57. The molecule has 0 spiro atoms. The zero-order valence-corrected chi connectivity index (χ0v) is 13.3. The first-order valence-electron chi connectivity index (χ1n) is 7.09. The van der Waals surface area contributed by atoms with Gasteiger partial charge in [0, 0.05) is 13.0 Å². The lowest BCUT2D eigenvalue weighted by Gasteiger charge is -2.26. The maximum Gasteiger partial charge on any atom is 0.302 e. The Labute approximate surface area is 135 Å². The minimum Gasteiger partial charge on any atom is -0.432 e. The fraction of sp³-hybridized carbons (Fsp3) is 0.462. The number of halogens is 1. The van der Waals surface area contributed by atoms with E-state index in [1.54, 1.807) is 22.0 Å². The zero-order chi connectivity index (χ0) is 15.1. The van der Waals surface area contributed by atoms with Crippen LogP contribution in [-0.2, 0) is 11.2 Å². The number of alkyl halides is 1. The summed E-state index contributed by atoms with van der Waals surface area (Å²) in [5, 5.41) is 4.49. The minimum absolute atomic E-state index is 0.200. The molecule has 2 aromatic rings. The van der Waals surface area contributed by atoms with Crippen LogP contribution in [0.3, 0.4) is 0 Å². The summed E-state index contributed by atoms with van der Waals surface area (Å²) in [4.78, 5) is 10.3. The third kappa shape index (κ3) is 2.30. The molecule has 8 nitrogen and oxygen atoms in total. The highest BCUT2D eigenvalue weighted by Crippen LogP contribution is 2.35. The van der Waals surface area contributed by atoms with E-state index in [1.165, 1.54) is 6.26 Å². The summed E-state index contributed by atoms with van der Waals surface area (Å²) in [5.41, 5.74) is 6.08. The van der Waals surface area contributed by atoms with Gasteiger partial charge in [-0.2, -0.15) is 4.68 Å². The van der Waals surface area contributed by atoms with Gasteiger partial charge in [0.2, 0.25) is 0 Å². The standard InChI is InChI=1S/C13H15BrN6O2/c14-11-12-17-10(6-8-2-1-4-21-8)18-20(12)9(15)7-19(11)13-16-3-5-22-13/h3,5,7-8,11H,1-2,4,6,15H2. The van der Waals surface area contributed by atoms with Crippen molar-refractivity contribution in [1.82, 2.24) is 19.7 Å². The van der Waals surface area contributed by atoms with Gasteiger partial charge in [-0.3, -0.25) is 4.90 Å². The summed E-state index contributed by atoms with van der Waals surface area (Å²) < 4.78 is 12.6. The number of nitrogens with zero attached hydrogens (tertiary/aromatic N) is 5. The van der Waals surface area contributed by atoms with Crippen molar-refractivity contribution >= 4 is 27.8 Å². The molecule has 1 saturated heterocycles. The van der Waals surface area contributed by atoms with Gasteiger partial charge in [0.1, 0.15) is 12.1 Å². The SMILES string of the molecule is NC1=CN(c2ncco2)C(Br)c2nc(CC3CCCO3)nn21. The molecule has 0 amide bonds. The summed E-state index contributed by atoms with van der Waals surface area (Å²) in [6.07, 6.45) is 7.87. The molecule has 9 heteroatoms. The van der Waals surface area contributed by atoms with Crippen LogP contribution in [0.1, 0.15) is 29.4 Å². The van der Waals surface area contributed by atoms with Crippen LogP contribution >= 0.6 is 15.9 Å². The highest BCUT2D eigenvalue weighted by Gasteiger charge is 2.31. The van der Waals surface area contributed by atoms with Crippen LogP contribution in [0.4, 0.5) is 6.01 Å². The summed E-state index contributed by atoms with van der Waals surface area (Å²) in [5.74, 6) is 1.90. The Balaban J connectivity index is 1.63. The fourth-order valence-electron chi connectivity index (χ4n) is 2.69. The molecule has 2 aliphatic heterocycles. The number of oxazole rings is 1. The van der Waals surface area contributed by atoms with Crippen molar-refractivity contribution < 1.29 is 9.15 Å². The number of anilines is 1. The van der Waals surface area contributed by atoms with Gasteiger partial charge in [-0.25, -0.2) is 9.97 Å². The van der Waals surface area contributed by atoms with Gasteiger partial charge < -0.3 is 14.9 Å². The van der Waals surface area contributed by atoms with Gasteiger partial charge in [-0.15, -0.1) is 5.10 Å². The van der Waals surface area contributed by atoms with E-state index in [9.17, 15) is 0 Å². The molecular weight excluding hydrogens is 352 g/mol. The molecule has 1 fully saturated rings. The summed E-state index contributed by atoms with van der Waals surface area (Å²) in [6.45, 7) is 0.819. The van der Waals surface area contributed by atoms with Crippen molar-refractivity contribution in [3.05, 3.63) is 30.3 Å². The normalized spacial score (nSPS) is 24.4. The topological polar surface area (TPSA) is 95.2 Å². The van der Waals surface area contributed by atoms with E-state index >= 15 is 0 Å². The van der Waals surface area contributed by atoms with Gasteiger partial charge >= 0.3 is 6.01 Å². The van der Waals surface area contributed by atoms with E-state index in [-0.39, 0.29) is 11.1 Å². The van der Waals surface area contributed by atoms with Crippen LogP contribution in [0.5, 0.6) is 0 Å². The Morgan fingerprint density at radius 2 is 2.36 bits per heavy atom. The van der Waals surface area contributed by atoms with Crippen molar-refractivity contribution in [2.45, 2.75) is 30.3 Å². The van der Waals surface area contributed by atoms with E-state index < -0.39 is 0 Å². The van der Waals surface area contributed by atoms with Gasteiger partial charge in [0.05, 0.1) is 18.5 Å². The predicted octanol–water partition coefficient (Wildman–Crippen LogP) is 1.62. The fourth-order valence-corrected chi connectivity index (χ4v) is 3.28. The number of rotatable bonds is 3. The van der Waals surface area contributed by atoms with Gasteiger partial charge in [-0.1, -0.05) is 15.9 Å². The van der Waals surface area contributed by atoms with Crippen LogP contribution < -0.4 is 10.6 Å². The molecule has 0 saturated carbocycles. The van der Waals surface area contributed by atoms with Crippen molar-refractivity contribution in [3.8, 4) is 0 Å². The van der Waals surface area contributed by atoms with Crippen LogP contribution in [0.25, 0.3) is 5.82 Å². The maximum atomic E-state index is 6.08. The average Bonchev–Trinajstić information content (AvgIpc) is 3.23. The molecule has 0 bridgehead atoms. The third-order valence-electron chi connectivity index (χ3n) is 3.72. The van der Waals surface area contributed by atoms with E-state index in [0.29, 0.717) is 24.1 Å². The van der Waals surface area contributed by atoms with Gasteiger partial charge in [-0.05, 0) is 12.8 Å². The lowest BCUT2D eigenvalue weighted by molar-refractivity contribution is 0.110. The molecule has 0 aliphatic carbocycles. The molecule has 116 valence electrons. The molecule has 2 N–H and O–H groups in total. The monoisotopic (exact) mass is 366 g/mol. The molecule has 2 aliphatic rings. The highest BCUT2D eigenvalue weighted by molar-refractivity contribution is 9.09. The van der Waals surface area contributed by atoms with E-state index in [4.69, 9.17) is 14.9 Å². The van der Waals surface area contributed by atoms with Gasteiger partial charge in [0.15, 0.2) is 16.6 Å². The second-order valence-corrected chi connectivity index (χ2v) is 6.12. The molecule has 0 radical (unpaired) electrons. The van der Waals surface area contributed by atoms with E-state index in [0.717, 1.165) is 25.3 Å². The van der Waals surface area contributed by atoms with E-state index in [2.05, 4.69) is 31.0 Å². The summed E-state index contributed by atoms with van der Waals surface area (Å²) in [6, 6.07) is 0.444. The number of nitrogens with two attached hydrogens (primary N) is 1. The molecule has 4 heterocycles. The molecule has 4 rings (SSSR count). The van der Waals surface area contributed by atoms with Crippen LogP contribution in [0.15, 0.2) is 23.1 Å². The Kier molecular flexibility index (Phi) is 3.38. The van der Waals surface area contributed by atoms with E-state index in [1.807, 2.05) is 0 Å². The lowest BCUT2D eigenvalue weighted by Crippen LogP contribution is -2.30. The molecular formula is C13H15BrN6O2. The number of hydrogen-bond acceptors (Lipinski definition) is 7. The van der Waals surface area contributed by atoms with Crippen LogP contribution in [-0.4, -0.2) is 32.5 Å². The van der Waals surface area contributed by atoms with Crippen LogP contribution in [0, 0.1) is 0 Å². The maximum absolute atomic E-state index is 6.08. The Morgan fingerprint density at radius 1 is 1.45 bits per heavy atom. The van der Waals surface area contributed by atoms with Crippen molar-refractivity contribution in [2.24, 2.45) is 5.73 Å². The second kappa shape index (κ2) is 5.40. The molecule has 2 unspecified atom stereocenters. The summed E-state index contributed by atoms with van der Waals surface area (Å²) >= 11 is 3.60. The summed E-state index contributed by atoms with van der Waals surface area (Å²) in [7, 11) is 0. The lowest BCUT2D eigenvalue weighted by atomic mass is 10.2. The highest BCUT2D eigenvalue weighted by atomic mass is 79.9. The van der Waals surface area contributed by atoms with Crippen molar-refractivity contribution in [1.29, 1.82) is 0 Å². The number of fused-ring (bicyclic) bond motifs is 1. The first-order chi connectivity index (χ1) is 10.7. The van der Waals surface area contributed by atoms with Crippen molar-refractivity contribution in [2.75, 3.05) is 11.5 Å². The van der Waals surface area contributed by atoms with Crippen molar-refractivity contribution in [3.63, 3.8) is 0 Å². The number of ether oxygens (including phenoxy) is 1. The largest absolute Gasteiger partial charge is 0.432 e. The van der Waals surface area contributed by atoms with Gasteiger partial charge in [0.25, 0.3) is 0 Å². The second-order valence-electron chi connectivity index (χ2n) is 5.25. The molecule has 2 atom stereocenters. The Bertz CT molecular complexity index is 691. The quantitative estimate of drug-likeness (QED) is 0.651. The number of aromatic nitrogens is 4. The number of hydrogen-bond donors (Lipinski definition) is 1. The predicted molar refractivity (Wildman–Crippen MR) is 81.8 cm³/mol. The Morgan fingerprint density at radius 3 is 3.09 bits per heavy atom. The minimum atomic E-state index is -0.246. The smallest absolute Gasteiger partial charge is 0.302 e. The molecule has 2 aromatic heterocycles. The zero-order valence-electron chi connectivity index (χ0n) is 11.7. The molecule has 22 heavy (non-hydrogen) atoms. The molecule has 0 aromatic carbocycles. The van der Waals surface area contributed by atoms with Crippen LogP contribution in [0.2, 0.25) is 0 Å². The average molecular weight is 367 g/mol. The first kappa shape index (κ1) is 13.8. The first-order valence-corrected chi connectivity index (χ1v) is 8.01.